The van der Waals surface area contributed by atoms with Gasteiger partial charge in [0, 0.05) is 38.8 Å². The van der Waals surface area contributed by atoms with E-state index in [1.807, 2.05) is 0 Å². The molecule has 0 bridgehead atoms. The summed E-state index contributed by atoms with van der Waals surface area (Å²) in [5.74, 6) is 0. The number of nitrogens with one attached hydrogen (secondary N) is 1. The van der Waals surface area contributed by atoms with E-state index in [4.69, 9.17) is 0 Å². The normalized spacial score (nSPS) is 23.6. The molecule has 1 aliphatic rings. The second-order valence-electron chi connectivity index (χ2n) is 6.37. The summed E-state index contributed by atoms with van der Waals surface area (Å²) in [6, 6.07) is 3.60. The van der Waals surface area contributed by atoms with Crippen LogP contribution in [0.2, 0.25) is 0 Å². The van der Waals surface area contributed by atoms with Gasteiger partial charge in [-0.15, -0.1) is 0 Å². The Labute approximate surface area is 129 Å². The summed E-state index contributed by atoms with van der Waals surface area (Å²) in [7, 11) is 2.08. The predicted octanol–water partition coefficient (Wildman–Crippen LogP) is 2.73. The van der Waals surface area contributed by atoms with Crippen molar-refractivity contribution in [2.24, 2.45) is 7.05 Å². The molecule has 0 spiro atoms. The van der Waals surface area contributed by atoms with Gasteiger partial charge in [-0.1, -0.05) is 33.6 Å². The molecular formula is C17H32N4. The molecule has 1 fully saturated rings. The second kappa shape index (κ2) is 7.95. The molecule has 4 nitrogen and oxygen atoms in total. The molecule has 2 rings (SSSR count). The first-order valence-corrected chi connectivity index (χ1v) is 8.67. The van der Waals surface area contributed by atoms with Crippen LogP contribution < -0.4 is 5.32 Å². The maximum Gasteiger partial charge on any atom is 0.0625 e. The summed E-state index contributed by atoms with van der Waals surface area (Å²) in [4.78, 5) is 2.68. The smallest absolute Gasteiger partial charge is 0.0625 e. The van der Waals surface area contributed by atoms with E-state index in [9.17, 15) is 0 Å². The van der Waals surface area contributed by atoms with Gasteiger partial charge >= 0.3 is 0 Å². The summed E-state index contributed by atoms with van der Waals surface area (Å²) in [6.07, 6.45) is 6.10. The van der Waals surface area contributed by atoms with Gasteiger partial charge in [-0.2, -0.15) is 5.10 Å². The van der Waals surface area contributed by atoms with Gasteiger partial charge in [0.05, 0.1) is 11.4 Å². The van der Waals surface area contributed by atoms with Crippen molar-refractivity contribution in [1.29, 1.82) is 0 Å². The van der Waals surface area contributed by atoms with E-state index in [-0.39, 0.29) is 0 Å². The minimum Gasteiger partial charge on any atom is -0.311 e. The Kier molecular flexibility index (Phi) is 6.24. The van der Waals surface area contributed by atoms with Crippen LogP contribution in [0.1, 0.15) is 57.8 Å². The maximum atomic E-state index is 4.60. The minimum atomic E-state index is 0.655. The van der Waals surface area contributed by atoms with Gasteiger partial charge in [0.15, 0.2) is 0 Å². The summed E-state index contributed by atoms with van der Waals surface area (Å²) in [5, 5.41) is 8.33. The van der Waals surface area contributed by atoms with Crippen LogP contribution in [-0.2, 0) is 20.0 Å². The fourth-order valence-corrected chi connectivity index (χ4v) is 3.38. The van der Waals surface area contributed by atoms with Gasteiger partial charge in [0.2, 0.25) is 0 Å². The Morgan fingerprint density at radius 2 is 2.00 bits per heavy atom. The first-order chi connectivity index (χ1) is 10.2. The topological polar surface area (TPSA) is 33.1 Å². The van der Waals surface area contributed by atoms with Crippen molar-refractivity contribution in [3.63, 3.8) is 0 Å². The molecule has 0 saturated carbocycles. The van der Waals surface area contributed by atoms with E-state index in [1.165, 1.54) is 43.6 Å². The zero-order valence-corrected chi connectivity index (χ0v) is 14.2. The lowest BCUT2D eigenvalue weighted by molar-refractivity contribution is 0.109. The zero-order valence-electron chi connectivity index (χ0n) is 14.2. The van der Waals surface area contributed by atoms with Crippen molar-refractivity contribution >= 4 is 0 Å². The number of rotatable bonds is 7. The summed E-state index contributed by atoms with van der Waals surface area (Å²) in [6.45, 7) is 10.1. The molecule has 0 aromatic carbocycles. The average molecular weight is 292 g/mol. The molecule has 0 aliphatic carbocycles. The van der Waals surface area contributed by atoms with Crippen molar-refractivity contribution in [3.05, 3.63) is 17.5 Å². The standard InChI is InChI=1S/C17H32N4/c1-5-8-15-12-21(16(9-6-2)11-18-15)13-17-10-14(7-3)19-20(17)4/h10,15-16,18H,5-9,11-13H2,1-4H3. The van der Waals surface area contributed by atoms with Gasteiger partial charge in [0.25, 0.3) is 0 Å². The van der Waals surface area contributed by atoms with Crippen LogP contribution in [0, 0.1) is 0 Å². The summed E-state index contributed by atoms with van der Waals surface area (Å²) in [5.41, 5.74) is 2.56. The molecule has 21 heavy (non-hydrogen) atoms. The number of nitrogens with zero attached hydrogens (tertiary/aromatic N) is 3. The number of piperazine rings is 1. The highest BCUT2D eigenvalue weighted by Crippen LogP contribution is 2.18. The van der Waals surface area contributed by atoms with Crippen molar-refractivity contribution in [2.45, 2.75) is 71.5 Å². The quantitative estimate of drug-likeness (QED) is 0.839. The number of hydrogen-bond donors (Lipinski definition) is 1. The molecule has 0 amide bonds. The molecule has 1 saturated heterocycles. The van der Waals surface area contributed by atoms with Crippen LogP contribution in [0.25, 0.3) is 0 Å². The molecule has 120 valence electrons. The molecular weight excluding hydrogens is 260 g/mol. The molecule has 1 aromatic heterocycles. The predicted molar refractivity (Wildman–Crippen MR) is 88.4 cm³/mol. The van der Waals surface area contributed by atoms with Crippen LogP contribution in [0.15, 0.2) is 6.07 Å². The van der Waals surface area contributed by atoms with Crippen LogP contribution >= 0.6 is 0 Å². The van der Waals surface area contributed by atoms with Gasteiger partial charge in [-0.05, 0) is 25.3 Å². The molecule has 2 heterocycles. The molecule has 1 aliphatic heterocycles. The Hall–Kier alpha value is -0.870. The Bertz CT molecular complexity index is 426. The van der Waals surface area contributed by atoms with Crippen molar-refractivity contribution < 1.29 is 0 Å². The highest BCUT2D eigenvalue weighted by Gasteiger charge is 2.27. The number of aromatic nitrogens is 2. The fourth-order valence-electron chi connectivity index (χ4n) is 3.38. The second-order valence-corrected chi connectivity index (χ2v) is 6.37. The monoisotopic (exact) mass is 292 g/mol. The lowest BCUT2D eigenvalue weighted by Crippen LogP contribution is -2.56. The highest BCUT2D eigenvalue weighted by molar-refractivity contribution is 5.10. The first kappa shape index (κ1) is 16.5. The van der Waals surface area contributed by atoms with Crippen LogP contribution in [0.5, 0.6) is 0 Å². The molecule has 1 aromatic rings. The van der Waals surface area contributed by atoms with E-state index < -0.39 is 0 Å². The van der Waals surface area contributed by atoms with Crippen LogP contribution in [-0.4, -0.2) is 39.9 Å². The molecule has 2 atom stereocenters. The lowest BCUT2D eigenvalue weighted by atomic mass is 10.0. The summed E-state index contributed by atoms with van der Waals surface area (Å²) < 4.78 is 2.07. The van der Waals surface area contributed by atoms with Crippen molar-refractivity contribution in [1.82, 2.24) is 20.0 Å². The average Bonchev–Trinajstić information content (AvgIpc) is 2.83. The van der Waals surface area contributed by atoms with Gasteiger partial charge < -0.3 is 5.32 Å². The Morgan fingerprint density at radius 1 is 1.24 bits per heavy atom. The third-order valence-corrected chi connectivity index (χ3v) is 4.63. The van der Waals surface area contributed by atoms with E-state index in [2.05, 4.69) is 53.9 Å². The van der Waals surface area contributed by atoms with Gasteiger partial charge in [-0.25, -0.2) is 0 Å². The van der Waals surface area contributed by atoms with E-state index in [1.54, 1.807) is 0 Å². The Morgan fingerprint density at radius 3 is 2.62 bits per heavy atom. The van der Waals surface area contributed by atoms with Crippen LogP contribution in [0.3, 0.4) is 0 Å². The highest BCUT2D eigenvalue weighted by atomic mass is 15.3. The SMILES string of the molecule is CCCC1CN(Cc2cc(CC)nn2C)C(CCC)CN1. The van der Waals surface area contributed by atoms with E-state index >= 15 is 0 Å². The third kappa shape index (κ3) is 4.30. The van der Waals surface area contributed by atoms with Gasteiger partial charge in [0.1, 0.15) is 0 Å². The Balaban J connectivity index is 2.05. The minimum absolute atomic E-state index is 0.655. The van der Waals surface area contributed by atoms with E-state index in [0.29, 0.717) is 12.1 Å². The molecule has 1 N–H and O–H groups in total. The molecule has 0 radical (unpaired) electrons. The molecule has 2 unspecified atom stereocenters. The number of aryl methyl sites for hydroxylation is 2. The largest absolute Gasteiger partial charge is 0.311 e. The van der Waals surface area contributed by atoms with Crippen LogP contribution in [0.4, 0.5) is 0 Å². The van der Waals surface area contributed by atoms with Crippen molar-refractivity contribution in [2.75, 3.05) is 13.1 Å². The van der Waals surface area contributed by atoms with E-state index in [0.717, 1.165) is 19.5 Å². The molecule has 4 heteroatoms. The first-order valence-electron chi connectivity index (χ1n) is 8.67. The lowest BCUT2D eigenvalue weighted by Gasteiger charge is -2.40. The summed E-state index contributed by atoms with van der Waals surface area (Å²) >= 11 is 0. The van der Waals surface area contributed by atoms with Crippen molar-refractivity contribution in [3.8, 4) is 0 Å². The fraction of sp³-hybridized carbons (Fsp3) is 0.824. The third-order valence-electron chi connectivity index (χ3n) is 4.63. The van der Waals surface area contributed by atoms with Gasteiger partial charge in [-0.3, -0.25) is 9.58 Å². The maximum absolute atomic E-state index is 4.60. The zero-order chi connectivity index (χ0) is 15.2. The number of hydrogen-bond acceptors (Lipinski definition) is 3.